The van der Waals surface area contributed by atoms with Gasteiger partial charge in [0.2, 0.25) is 15.9 Å². The third-order valence-corrected chi connectivity index (χ3v) is 8.04. The molecule has 176 valence electrons. The second kappa shape index (κ2) is 10.4. The van der Waals surface area contributed by atoms with Crippen molar-refractivity contribution in [3.63, 3.8) is 0 Å². The van der Waals surface area contributed by atoms with Crippen LogP contribution in [0.4, 0.5) is 0 Å². The summed E-state index contributed by atoms with van der Waals surface area (Å²) in [5.41, 5.74) is 1.90. The van der Waals surface area contributed by atoms with Gasteiger partial charge in [0.25, 0.3) is 0 Å². The van der Waals surface area contributed by atoms with Gasteiger partial charge in [-0.15, -0.1) is 0 Å². The van der Waals surface area contributed by atoms with E-state index in [2.05, 4.69) is 5.32 Å². The minimum atomic E-state index is -3.48. The molecule has 1 N–H and O–H groups in total. The summed E-state index contributed by atoms with van der Waals surface area (Å²) in [5, 5.41) is 3.80. The van der Waals surface area contributed by atoms with Crippen LogP contribution < -0.4 is 10.1 Å². The molecule has 0 aliphatic carbocycles. The van der Waals surface area contributed by atoms with Crippen LogP contribution in [-0.2, 0) is 27.9 Å². The van der Waals surface area contributed by atoms with E-state index in [-0.39, 0.29) is 5.91 Å². The van der Waals surface area contributed by atoms with Gasteiger partial charge in [0, 0.05) is 49.7 Å². The lowest BCUT2D eigenvalue weighted by Crippen LogP contribution is -2.31. The highest BCUT2D eigenvalue weighted by Crippen LogP contribution is 2.25. The number of sulfonamides is 1. The van der Waals surface area contributed by atoms with Crippen molar-refractivity contribution >= 4 is 26.8 Å². The maximum absolute atomic E-state index is 13.1. The average molecular weight is 470 g/mol. The van der Waals surface area contributed by atoms with Gasteiger partial charge in [0.05, 0.1) is 12.0 Å². The van der Waals surface area contributed by atoms with Gasteiger partial charge in [-0.1, -0.05) is 25.0 Å². The molecule has 0 atom stereocenters. The van der Waals surface area contributed by atoms with E-state index in [9.17, 15) is 13.2 Å². The van der Waals surface area contributed by atoms with Crippen LogP contribution in [0.15, 0.2) is 59.6 Å². The molecular weight excluding hydrogens is 438 g/mol. The Bertz CT molecular complexity index is 1210. The Hall–Kier alpha value is -2.84. The maximum Gasteiger partial charge on any atom is 0.243 e. The third-order valence-electron chi connectivity index (χ3n) is 6.15. The molecule has 4 rings (SSSR count). The highest BCUT2D eigenvalue weighted by atomic mass is 32.2. The fourth-order valence-corrected chi connectivity index (χ4v) is 5.81. The van der Waals surface area contributed by atoms with Crippen molar-refractivity contribution < 1.29 is 17.9 Å². The number of hydrogen-bond donors (Lipinski definition) is 1. The van der Waals surface area contributed by atoms with Crippen LogP contribution in [-0.4, -0.2) is 43.4 Å². The first-order chi connectivity index (χ1) is 16.0. The summed E-state index contributed by atoms with van der Waals surface area (Å²) in [4.78, 5) is 12.7. The number of nitrogens with one attached hydrogen (secondary N) is 1. The molecule has 2 heterocycles. The fourth-order valence-electron chi connectivity index (χ4n) is 4.26. The van der Waals surface area contributed by atoms with Gasteiger partial charge in [-0.2, -0.15) is 4.31 Å². The summed E-state index contributed by atoms with van der Waals surface area (Å²) < 4.78 is 35.0. The molecule has 1 aliphatic rings. The average Bonchev–Trinajstić information content (AvgIpc) is 3.03. The molecule has 1 saturated heterocycles. The van der Waals surface area contributed by atoms with Crippen LogP contribution in [0, 0.1) is 0 Å². The van der Waals surface area contributed by atoms with Crippen molar-refractivity contribution in [2.24, 2.45) is 0 Å². The maximum atomic E-state index is 13.1. The number of hydrogen-bond acceptors (Lipinski definition) is 4. The van der Waals surface area contributed by atoms with E-state index in [0.29, 0.717) is 37.5 Å². The zero-order valence-corrected chi connectivity index (χ0v) is 19.8. The first-order valence-corrected chi connectivity index (χ1v) is 12.9. The summed E-state index contributed by atoms with van der Waals surface area (Å²) >= 11 is 0. The van der Waals surface area contributed by atoms with Gasteiger partial charge in [-0.25, -0.2) is 8.42 Å². The highest BCUT2D eigenvalue weighted by Gasteiger charge is 2.25. The van der Waals surface area contributed by atoms with E-state index in [0.717, 1.165) is 47.9 Å². The second-order valence-corrected chi connectivity index (χ2v) is 10.4. The van der Waals surface area contributed by atoms with Crippen LogP contribution in [0.1, 0.15) is 37.7 Å². The van der Waals surface area contributed by atoms with Crippen molar-refractivity contribution in [1.29, 1.82) is 0 Å². The van der Waals surface area contributed by atoms with Crippen LogP contribution in [0.5, 0.6) is 5.75 Å². The molecule has 1 amide bonds. The molecule has 8 heteroatoms. The number of rotatable bonds is 8. The molecule has 0 saturated carbocycles. The number of amides is 1. The topological polar surface area (TPSA) is 80.6 Å². The number of carbonyl (C=O) groups excluding carboxylic acids is 1. The Morgan fingerprint density at radius 1 is 1.03 bits per heavy atom. The molecular formula is C25H31N3O4S. The zero-order valence-electron chi connectivity index (χ0n) is 19.0. The second-order valence-electron chi connectivity index (χ2n) is 8.43. The molecule has 0 bridgehead atoms. The van der Waals surface area contributed by atoms with Crippen molar-refractivity contribution in [3.8, 4) is 5.75 Å². The number of methoxy groups -OCH3 is 1. The molecule has 1 fully saturated rings. The normalized spacial score (nSPS) is 15.3. The molecule has 33 heavy (non-hydrogen) atoms. The van der Waals surface area contributed by atoms with E-state index in [1.165, 1.54) is 0 Å². The monoisotopic (exact) mass is 469 g/mol. The number of aromatic nitrogens is 1. The van der Waals surface area contributed by atoms with Gasteiger partial charge in [-0.05, 0) is 54.8 Å². The Morgan fingerprint density at radius 3 is 2.58 bits per heavy atom. The van der Waals surface area contributed by atoms with Gasteiger partial charge in [0.15, 0.2) is 0 Å². The smallest absolute Gasteiger partial charge is 0.243 e. The SMILES string of the molecule is COc1cccc(CNC(=O)CCn2ccc3cc(S(=O)(=O)N4CCCCCC4)ccc32)c1. The molecule has 1 aliphatic heterocycles. The molecule has 2 aromatic carbocycles. The van der Waals surface area contributed by atoms with E-state index < -0.39 is 10.0 Å². The minimum Gasteiger partial charge on any atom is -0.497 e. The lowest BCUT2D eigenvalue weighted by Gasteiger charge is -2.20. The zero-order chi connectivity index (χ0) is 23.3. The standard InChI is InChI=1S/C25H31N3O4S/c1-32-22-8-6-7-20(17-22)19-26-25(29)12-16-27-15-11-21-18-23(9-10-24(21)27)33(30,31)28-13-4-2-3-5-14-28/h6-11,15,17-18H,2-5,12-14,16,19H2,1H3,(H,26,29). The quantitative estimate of drug-likeness (QED) is 0.542. The molecule has 3 aromatic rings. The predicted octanol–water partition coefficient (Wildman–Crippen LogP) is 3.92. The van der Waals surface area contributed by atoms with Crippen molar-refractivity contribution in [3.05, 3.63) is 60.3 Å². The number of benzene rings is 2. The van der Waals surface area contributed by atoms with Crippen LogP contribution in [0.2, 0.25) is 0 Å². The number of ether oxygens (including phenoxy) is 1. The minimum absolute atomic E-state index is 0.0416. The lowest BCUT2D eigenvalue weighted by molar-refractivity contribution is -0.121. The van der Waals surface area contributed by atoms with Crippen LogP contribution >= 0.6 is 0 Å². The number of carbonyl (C=O) groups is 1. The predicted molar refractivity (Wildman–Crippen MR) is 129 cm³/mol. The van der Waals surface area contributed by atoms with E-state index in [4.69, 9.17) is 4.74 Å². The number of fused-ring (bicyclic) bond motifs is 1. The van der Waals surface area contributed by atoms with E-state index in [1.54, 1.807) is 23.5 Å². The molecule has 0 spiro atoms. The van der Waals surface area contributed by atoms with Crippen LogP contribution in [0.25, 0.3) is 10.9 Å². The highest BCUT2D eigenvalue weighted by molar-refractivity contribution is 7.89. The lowest BCUT2D eigenvalue weighted by atomic mass is 10.2. The Labute approximate surface area is 195 Å². The van der Waals surface area contributed by atoms with Crippen molar-refractivity contribution in [2.75, 3.05) is 20.2 Å². The fraction of sp³-hybridized carbons (Fsp3) is 0.400. The van der Waals surface area contributed by atoms with Gasteiger partial charge >= 0.3 is 0 Å². The van der Waals surface area contributed by atoms with E-state index >= 15 is 0 Å². The largest absolute Gasteiger partial charge is 0.497 e. The molecule has 1 aromatic heterocycles. The molecule has 7 nitrogen and oxygen atoms in total. The van der Waals surface area contributed by atoms with Gasteiger partial charge < -0.3 is 14.6 Å². The van der Waals surface area contributed by atoms with Gasteiger partial charge in [-0.3, -0.25) is 4.79 Å². The Balaban J connectivity index is 1.38. The summed E-state index contributed by atoms with van der Waals surface area (Å²) in [7, 11) is -1.86. The summed E-state index contributed by atoms with van der Waals surface area (Å²) in [6.45, 7) is 2.14. The first kappa shape index (κ1) is 23.3. The first-order valence-electron chi connectivity index (χ1n) is 11.5. The van der Waals surface area contributed by atoms with Crippen molar-refractivity contribution in [2.45, 2.75) is 50.1 Å². The molecule has 0 unspecified atom stereocenters. The Morgan fingerprint density at radius 2 is 1.82 bits per heavy atom. The van der Waals surface area contributed by atoms with Crippen LogP contribution in [0.3, 0.4) is 0 Å². The number of nitrogens with zero attached hydrogens (tertiary/aromatic N) is 2. The molecule has 0 radical (unpaired) electrons. The summed E-state index contributed by atoms with van der Waals surface area (Å²) in [6, 6.07) is 14.8. The summed E-state index contributed by atoms with van der Waals surface area (Å²) in [5.74, 6) is 0.720. The third kappa shape index (κ3) is 5.57. The van der Waals surface area contributed by atoms with Gasteiger partial charge in [0.1, 0.15) is 5.75 Å². The summed E-state index contributed by atoms with van der Waals surface area (Å²) in [6.07, 6.45) is 6.24. The van der Waals surface area contributed by atoms with E-state index in [1.807, 2.05) is 47.2 Å². The van der Waals surface area contributed by atoms with Crippen molar-refractivity contribution in [1.82, 2.24) is 14.2 Å². The Kier molecular flexibility index (Phi) is 7.35. The number of aryl methyl sites for hydroxylation is 1.